The van der Waals surface area contributed by atoms with Gasteiger partial charge >= 0.3 is 6.03 Å². The van der Waals surface area contributed by atoms with Gasteiger partial charge in [-0.2, -0.15) is 4.31 Å². The molecule has 2 heterocycles. The highest BCUT2D eigenvalue weighted by Crippen LogP contribution is 2.23. The quantitative estimate of drug-likeness (QED) is 0.119. The number of sulfonamides is 1. The molecule has 48 heavy (non-hydrogen) atoms. The number of aliphatic hydroxyl groups excluding tert-OH is 1. The Bertz CT molecular complexity index is 1620. The van der Waals surface area contributed by atoms with Gasteiger partial charge in [-0.1, -0.05) is 81.4 Å². The largest absolute Gasteiger partial charge is 0.411 e. The van der Waals surface area contributed by atoms with Crippen molar-refractivity contribution >= 4 is 28.2 Å². The fraction of sp³-hybridized carbons (Fsp3) is 0.429. The number of pyridine rings is 1. The number of benzene rings is 2. The Morgan fingerprint density at radius 3 is 2.29 bits per heavy atom. The fourth-order valence-corrected chi connectivity index (χ4v) is 7.52. The molecule has 12 nitrogen and oxygen atoms in total. The summed E-state index contributed by atoms with van der Waals surface area (Å²) >= 11 is 0. The van der Waals surface area contributed by atoms with Crippen molar-refractivity contribution in [3.63, 3.8) is 0 Å². The molecular formula is C35H46N6O6S. The van der Waals surface area contributed by atoms with E-state index in [2.05, 4.69) is 15.5 Å². The maximum absolute atomic E-state index is 14.0. The molecule has 0 bridgehead atoms. The summed E-state index contributed by atoms with van der Waals surface area (Å²) in [4.78, 5) is 35.0. The Morgan fingerprint density at radius 1 is 1.00 bits per heavy atom. The molecule has 0 spiro atoms. The van der Waals surface area contributed by atoms with Crippen molar-refractivity contribution in [3.8, 4) is 0 Å². The highest BCUT2D eigenvalue weighted by Gasteiger charge is 2.40. The number of rotatable bonds is 16. The summed E-state index contributed by atoms with van der Waals surface area (Å²) in [6.45, 7) is 8.58. The minimum absolute atomic E-state index is 0.0253. The number of hydrogen-bond donors (Lipinski definition) is 3. The van der Waals surface area contributed by atoms with Crippen LogP contribution in [0.2, 0.25) is 0 Å². The van der Waals surface area contributed by atoms with Gasteiger partial charge in [0, 0.05) is 45.1 Å². The molecule has 1 saturated heterocycles. The summed E-state index contributed by atoms with van der Waals surface area (Å²) < 4.78 is 28.9. The molecule has 1 aliphatic rings. The average Bonchev–Trinajstić information content (AvgIpc) is 3.40. The van der Waals surface area contributed by atoms with Gasteiger partial charge in [-0.15, -0.1) is 0 Å². The zero-order valence-electron chi connectivity index (χ0n) is 27.9. The predicted molar refractivity (Wildman–Crippen MR) is 183 cm³/mol. The van der Waals surface area contributed by atoms with Crippen molar-refractivity contribution in [3.05, 3.63) is 95.8 Å². The molecule has 3 N–H and O–H groups in total. The predicted octanol–water partition coefficient (Wildman–Crippen LogP) is 3.59. The maximum atomic E-state index is 14.0. The van der Waals surface area contributed by atoms with E-state index in [1.807, 2.05) is 70.2 Å². The van der Waals surface area contributed by atoms with Gasteiger partial charge in [0.1, 0.15) is 6.04 Å². The molecule has 0 aliphatic carbocycles. The lowest BCUT2D eigenvalue weighted by atomic mass is 9.97. The van der Waals surface area contributed by atoms with Gasteiger partial charge in [0.25, 0.3) is 0 Å². The van der Waals surface area contributed by atoms with E-state index in [9.17, 15) is 23.1 Å². The third-order valence-corrected chi connectivity index (χ3v) is 10.1. The van der Waals surface area contributed by atoms with E-state index < -0.39 is 34.1 Å². The number of hydrogen-bond acceptors (Lipinski definition) is 8. The van der Waals surface area contributed by atoms with Gasteiger partial charge in [0.15, 0.2) is 0 Å². The molecule has 13 heteroatoms. The third-order valence-electron chi connectivity index (χ3n) is 8.23. The molecule has 3 aromatic rings. The van der Waals surface area contributed by atoms with Crippen LogP contribution < -0.4 is 5.32 Å². The molecule has 3 amide bonds. The SMILES string of the molecule is CC(C)CN(C[C@@H](O)[C@H](Cc1ccccc1)NC(=O)[C@H](C(C)C)N1CCN(Cc2cccnc2)C1=O)S(=O)(=O)c1ccc(C=NO)cc1. The number of aliphatic hydroxyl groups is 1. The molecule has 258 valence electrons. The van der Waals surface area contributed by atoms with E-state index in [0.29, 0.717) is 25.2 Å². The van der Waals surface area contributed by atoms with Gasteiger partial charge in [-0.3, -0.25) is 9.78 Å². The van der Waals surface area contributed by atoms with Crippen LogP contribution in [0.1, 0.15) is 44.4 Å². The summed E-state index contributed by atoms with van der Waals surface area (Å²) in [6.07, 6.45) is 3.53. The highest BCUT2D eigenvalue weighted by molar-refractivity contribution is 7.89. The van der Waals surface area contributed by atoms with E-state index in [4.69, 9.17) is 5.21 Å². The van der Waals surface area contributed by atoms with Crippen molar-refractivity contribution in [2.24, 2.45) is 17.0 Å². The van der Waals surface area contributed by atoms with Crippen molar-refractivity contribution in [2.75, 3.05) is 26.2 Å². The third kappa shape index (κ3) is 9.39. The first kappa shape index (κ1) is 36.5. The number of nitrogens with one attached hydrogen (secondary N) is 1. The minimum Gasteiger partial charge on any atom is -0.411 e. The van der Waals surface area contributed by atoms with Crippen LogP contribution in [0.4, 0.5) is 4.79 Å². The second-order valence-electron chi connectivity index (χ2n) is 12.8. The topological polar surface area (TPSA) is 156 Å². The summed E-state index contributed by atoms with van der Waals surface area (Å²) in [7, 11) is -4.05. The van der Waals surface area contributed by atoms with E-state index in [1.165, 1.54) is 34.8 Å². The van der Waals surface area contributed by atoms with Crippen LogP contribution in [0.5, 0.6) is 0 Å². The number of nitrogens with zero attached hydrogens (tertiary/aromatic N) is 5. The zero-order valence-corrected chi connectivity index (χ0v) is 28.7. The summed E-state index contributed by atoms with van der Waals surface area (Å²) in [5.41, 5.74) is 2.26. The number of amides is 3. The number of oxime groups is 1. The lowest BCUT2D eigenvalue weighted by Crippen LogP contribution is -2.57. The molecular weight excluding hydrogens is 632 g/mol. The van der Waals surface area contributed by atoms with Crippen LogP contribution in [0.3, 0.4) is 0 Å². The minimum atomic E-state index is -4.05. The zero-order chi connectivity index (χ0) is 34.8. The Kier molecular flexibility index (Phi) is 12.7. The number of urea groups is 1. The normalized spacial score (nSPS) is 15.9. The van der Waals surface area contributed by atoms with Gasteiger partial charge in [-0.05, 0) is 53.1 Å². The lowest BCUT2D eigenvalue weighted by Gasteiger charge is -2.34. The van der Waals surface area contributed by atoms with Crippen LogP contribution in [0.25, 0.3) is 0 Å². The Labute approximate surface area is 283 Å². The first-order valence-electron chi connectivity index (χ1n) is 16.1. The van der Waals surface area contributed by atoms with Crippen LogP contribution in [0, 0.1) is 11.8 Å². The van der Waals surface area contributed by atoms with Crippen LogP contribution in [-0.2, 0) is 27.8 Å². The highest BCUT2D eigenvalue weighted by atomic mass is 32.2. The number of aromatic nitrogens is 1. The Hall–Kier alpha value is -4.33. The monoisotopic (exact) mass is 678 g/mol. The van der Waals surface area contributed by atoms with Gasteiger partial charge in [-0.25, -0.2) is 13.2 Å². The Balaban J connectivity index is 1.57. The molecule has 0 saturated carbocycles. The molecule has 1 aliphatic heterocycles. The molecule has 4 rings (SSSR count). The van der Waals surface area contributed by atoms with Gasteiger partial charge in [0.2, 0.25) is 15.9 Å². The van der Waals surface area contributed by atoms with E-state index in [0.717, 1.165) is 11.1 Å². The molecule has 1 fully saturated rings. The van der Waals surface area contributed by atoms with Crippen LogP contribution in [0.15, 0.2) is 89.2 Å². The molecule has 0 radical (unpaired) electrons. The van der Waals surface area contributed by atoms with Gasteiger partial charge < -0.3 is 25.4 Å². The molecule has 3 atom stereocenters. The van der Waals surface area contributed by atoms with E-state index in [1.54, 1.807) is 22.2 Å². The molecule has 0 unspecified atom stereocenters. The van der Waals surface area contributed by atoms with Crippen molar-refractivity contribution in [1.82, 2.24) is 24.4 Å². The van der Waals surface area contributed by atoms with Crippen molar-refractivity contribution in [1.29, 1.82) is 0 Å². The van der Waals surface area contributed by atoms with E-state index in [-0.39, 0.29) is 42.3 Å². The lowest BCUT2D eigenvalue weighted by molar-refractivity contribution is -0.128. The van der Waals surface area contributed by atoms with Gasteiger partial charge in [0.05, 0.1) is 23.3 Å². The van der Waals surface area contributed by atoms with Crippen molar-refractivity contribution in [2.45, 2.75) is 63.7 Å². The number of carbonyl (C=O) groups excluding carboxylic acids is 2. The maximum Gasteiger partial charge on any atom is 0.321 e. The summed E-state index contributed by atoms with van der Waals surface area (Å²) in [5, 5.41) is 26.5. The standard InChI is InChI=1S/C35H46N6O6S/c1-25(2)22-40(48(46,47)30-14-12-28(13-15-30)21-37-45)24-32(42)31(19-27-9-6-5-7-10-27)38-34(43)33(26(3)4)41-18-17-39(35(41)44)23-29-11-8-16-36-20-29/h5-16,20-21,25-26,31-33,42,45H,17-19,22-24H2,1-4H3,(H,38,43)/t31-,32+,33-/m0/s1. The smallest absolute Gasteiger partial charge is 0.321 e. The second-order valence-corrected chi connectivity index (χ2v) is 14.8. The molecule has 2 aromatic carbocycles. The first-order chi connectivity index (χ1) is 22.9. The Morgan fingerprint density at radius 2 is 1.69 bits per heavy atom. The molecule has 1 aromatic heterocycles. The van der Waals surface area contributed by atoms with Crippen LogP contribution >= 0.6 is 0 Å². The number of carbonyl (C=O) groups is 2. The summed E-state index contributed by atoms with van der Waals surface area (Å²) in [6, 6.07) is 17.0. The summed E-state index contributed by atoms with van der Waals surface area (Å²) in [5.74, 6) is -0.713. The second kappa shape index (κ2) is 16.7. The average molecular weight is 679 g/mol. The van der Waals surface area contributed by atoms with Crippen LogP contribution in [-0.4, -0.2) is 100 Å². The van der Waals surface area contributed by atoms with Crippen molar-refractivity contribution < 1.29 is 28.3 Å². The fourth-order valence-electron chi connectivity index (χ4n) is 5.90. The van der Waals surface area contributed by atoms with E-state index >= 15 is 0 Å². The first-order valence-corrected chi connectivity index (χ1v) is 17.6.